The lowest BCUT2D eigenvalue weighted by atomic mass is 10.1. The molecule has 0 radical (unpaired) electrons. The average molecular weight is 275 g/mol. The summed E-state index contributed by atoms with van der Waals surface area (Å²) in [5.41, 5.74) is 2.75. The van der Waals surface area contributed by atoms with Gasteiger partial charge in [-0.3, -0.25) is 10.2 Å². The summed E-state index contributed by atoms with van der Waals surface area (Å²) in [6.07, 6.45) is 1.63. The van der Waals surface area contributed by atoms with Crippen LogP contribution in [0.4, 0.5) is 16.3 Å². The number of fused-ring (bicyclic) bond motifs is 1. The van der Waals surface area contributed by atoms with Crippen molar-refractivity contribution in [2.75, 3.05) is 10.2 Å². The molecule has 19 heavy (non-hydrogen) atoms. The molecular formula is C13H11ClN4O. The van der Waals surface area contributed by atoms with Crippen molar-refractivity contribution in [2.45, 2.75) is 13.5 Å². The molecule has 3 rings (SSSR count). The van der Waals surface area contributed by atoms with Gasteiger partial charge in [0.1, 0.15) is 5.82 Å². The van der Waals surface area contributed by atoms with E-state index in [0.29, 0.717) is 12.4 Å². The quantitative estimate of drug-likeness (QED) is 0.813. The average Bonchev–Trinajstić information content (AvgIpc) is 2.39. The molecule has 0 saturated carbocycles. The Morgan fingerprint density at radius 3 is 2.95 bits per heavy atom. The monoisotopic (exact) mass is 274 g/mol. The predicted octanol–water partition coefficient (Wildman–Crippen LogP) is 2.99. The topological polar surface area (TPSA) is 58.1 Å². The van der Waals surface area contributed by atoms with Gasteiger partial charge in [0.05, 0.1) is 6.54 Å². The maximum Gasteiger partial charge on any atom is 0.327 e. The lowest BCUT2D eigenvalue weighted by molar-refractivity contribution is 0.256. The minimum atomic E-state index is -0.212. The summed E-state index contributed by atoms with van der Waals surface area (Å²) in [7, 11) is 0. The van der Waals surface area contributed by atoms with Gasteiger partial charge in [0.25, 0.3) is 0 Å². The second-order valence-corrected chi connectivity index (χ2v) is 4.65. The van der Waals surface area contributed by atoms with Crippen molar-refractivity contribution in [3.8, 4) is 0 Å². The van der Waals surface area contributed by atoms with Crippen LogP contribution in [0, 0.1) is 6.92 Å². The van der Waals surface area contributed by atoms with Crippen molar-refractivity contribution in [3.63, 3.8) is 0 Å². The third-order valence-corrected chi connectivity index (χ3v) is 3.22. The number of amides is 2. The van der Waals surface area contributed by atoms with Gasteiger partial charge in [0.15, 0.2) is 0 Å². The normalized spacial score (nSPS) is 14.0. The zero-order chi connectivity index (χ0) is 13.4. The van der Waals surface area contributed by atoms with E-state index in [9.17, 15) is 4.79 Å². The van der Waals surface area contributed by atoms with Crippen LogP contribution >= 0.6 is 11.6 Å². The number of halogens is 1. The standard InChI is InChI=1S/C13H11ClN4O/c1-8-4-2-3-5-10(8)18-7-9-6-15-12(14)16-11(9)17-13(18)19/h2-6H,7H2,1H3,(H,15,16,17,19). The van der Waals surface area contributed by atoms with E-state index in [0.717, 1.165) is 16.8 Å². The molecule has 0 atom stereocenters. The van der Waals surface area contributed by atoms with Crippen LogP contribution in [0.1, 0.15) is 11.1 Å². The fourth-order valence-electron chi connectivity index (χ4n) is 2.08. The fraction of sp³-hybridized carbons (Fsp3) is 0.154. The second-order valence-electron chi connectivity index (χ2n) is 4.32. The highest BCUT2D eigenvalue weighted by molar-refractivity contribution is 6.28. The molecule has 6 heteroatoms. The summed E-state index contributed by atoms with van der Waals surface area (Å²) in [6.45, 7) is 2.40. The molecule has 0 fully saturated rings. The number of carbonyl (C=O) groups is 1. The lowest BCUT2D eigenvalue weighted by Gasteiger charge is -2.29. The zero-order valence-electron chi connectivity index (χ0n) is 10.2. The highest BCUT2D eigenvalue weighted by Gasteiger charge is 2.26. The molecule has 1 aliphatic heterocycles. The minimum Gasteiger partial charge on any atom is -0.291 e. The Kier molecular flexibility index (Phi) is 2.83. The van der Waals surface area contributed by atoms with E-state index in [1.54, 1.807) is 11.1 Å². The molecule has 1 aromatic heterocycles. The molecule has 0 spiro atoms. The summed E-state index contributed by atoms with van der Waals surface area (Å²) in [6, 6.07) is 7.52. The molecule has 2 aromatic rings. The van der Waals surface area contributed by atoms with Gasteiger partial charge in [-0.25, -0.2) is 9.78 Å². The van der Waals surface area contributed by atoms with Crippen molar-refractivity contribution in [1.82, 2.24) is 9.97 Å². The molecule has 1 aliphatic rings. The first kappa shape index (κ1) is 11.9. The van der Waals surface area contributed by atoms with Crippen LogP contribution in [-0.4, -0.2) is 16.0 Å². The van der Waals surface area contributed by atoms with Gasteiger partial charge in [-0.15, -0.1) is 0 Å². The second kappa shape index (κ2) is 4.51. The Morgan fingerprint density at radius 2 is 2.16 bits per heavy atom. The largest absolute Gasteiger partial charge is 0.327 e. The van der Waals surface area contributed by atoms with E-state index in [-0.39, 0.29) is 11.3 Å². The summed E-state index contributed by atoms with van der Waals surface area (Å²) in [4.78, 5) is 21.7. The highest BCUT2D eigenvalue weighted by Crippen LogP contribution is 2.28. The lowest BCUT2D eigenvalue weighted by Crippen LogP contribution is -2.39. The number of hydrogen-bond acceptors (Lipinski definition) is 3. The van der Waals surface area contributed by atoms with Gasteiger partial charge >= 0.3 is 6.03 Å². The van der Waals surface area contributed by atoms with Crippen LogP contribution in [0.2, 0.25) is 5.28 Å². The van der Waals surface area contributed by atoms with Crippen LogP contribution in [0.5, 0.6) is 0 Å². The van der Waals surface area contributed by atoms with Crippen LogP contribution in [0.15, 0.2) is 30.5 Å². The number of anilines is 2. The Bertz CT molecular complexity index is 659. The summed E-state index contributed by atoms with van der Waals surface area (Å²) < 4.78 is 0. The Labute approximate surface area is 115 Å². The molecule has 2 heterocycles. The molecule has 96 valence electrons. The van der Waals surface area contributed by atoms with Crippen LogP contribution in [-0.2, 0) is 6.54 Å². The maximum atomic E-state index is 12.1. The van der Waals surface area contributed by atoms with Crippen molar-refractivity contribution in [3.05, 3.63) is 46.9 Å². The number of nitrogens with zero attached hydrogens (tertiary/aromatic N) is 3. The van der Waals surface area contributed by atoms with Crippen molar-refractivity contribution < 1.29 is 4.79 Å². The van der Waals surface area contributed by atoms with E-state index >= 15 is 0 Å². The Balaban J connectivity index is 2.01. The molecule has 1 aromatic carbocycles. The first-order valence-corrected chi connectivity index (χ1v) is 6.18. The summed E-state index contributed by atoms with van der Waals surface area (Å²) in [5, 5.41) is 2.86. The zero-order valence-corrected chi connectivity index (χ0v) is 11.0. The molecule has 5 nitrogen and oxygen atoms in total. The van der Waals surface area contributed by atoms with Gasteiger partial charge in [-0.05, 0) is 30.2 Å². The predicted molar refractivity (Wildman–Crippen MR) is 73.4 cm³/mol. The van der Waals surface area contributed by atoms with Gasteiger partial charge in [-0.2, -0.15) is 4.98 Å². The first-order valence-electron chi connectivity index (χ1n) is 5.81. The number of nitrogens with one attached hydrogen (secondary N) is 1. The number of urea groups is 1. The van der Waals surface area contributed by atoms with Crippen LogP contribution in [0.3, 0.4) is 0 Å². The number of rotatable bonds is 1. The van der Waals surface area contributed by atoms with Crippen molar-refractivity contribution in [1.29, 1.82) is 0 Å². The smallest absolute Gasteiger partial charge is 0.291 e. The van der Waals surface area contributed by atoms with E-state index in [4.69, 9.17) is 11.6 Å². The highest BCUT2D eigenvalue weighted by atomic mass is 35.5. The number of aryl methyl sites for hydroxylation is 1. The van der Waals surface area contributed by atoms with Crippen LogP contribution in [0.25, 0.3) is 0 Å². The summed E-state index contributed by atoms with van der Waals surface area (Å²) >= 11 is 5.72. The van der Waals surface area contributed by atoms with E-state index in [1.807, 2.05) is 31.2 Å². The van der Waals surface area contributed by atoms with Gasteiger partial charge in [-0.1, -0.05) is 18.2 Å². The van der Waals surface area contributed by atoms with Crippen molar-refractivity contribution >= 4 is 29.1 Å². The molecular weight excluding hydrogens is 264 g/mol. The maximum absolute atomic E-state index is 12.1. The fourth-order valence-corrected chi connectivity index (χ4v) is 2.21. The number of para-hydroxylation sites is 1. The van der Waals surface area contributed by atoms with E-state index in [2.05, 4.69) is 15.3 Å². The molecule has 0 unspecified atom stereocenters. The number of aromatic nitrogens is 2. The Morgan fingerprint density at radius 1 is 1.37 bits per heavy atom. The van der Waals surface area contributed by atoms with E-state index in [1.165, 1.54) is 0 Å². The van der Waals surface area contributed by atoms with E-state index < -0.39 is 0 Å². The Hall–Kier alpha value is -2.14. The number of hydrogen-bond donors (Lipinski definition) is 1. The number of carbonyl (C=O) groups excluding carboxylic acids is 1. The van der Waals surface area contributed by atoms with Gasteiger partial charge < -0.3 is 0 Å². The van der Waals surface area contributed by atoms with Crippen LogP contribution < -0.4 is 10.2 Å². The number of benzene rings is 1. The molecule has 1 N–H and O–H groups in total. The molecule has 2 amide bonds. The first-order chi connectivity index (χ1) is 9.15. The molecule has 0 saturated heterocycles. The van der Waals surface area contributed by atoms with Crippen molar-refractivity contribution in [2.24, 2.45) is 0 Å². The SMILES string of the molecule is Cc1ccccc1N1Cc2cnc(Cl)nc2NC1=O. The van der Waals surface area contributed by atoms with Gasteiger partial charge in [0, 0.05) is 17.4 Å². The third-order valence-electron chi connectivity index (χ3n) is 3.04. The molecule has 0 bridgehead atoms. The third kappa shape index (κ3) is 2.13. The summed E-state index contributed by atoms with van der Waals surface area (Å²) in [5.74, 6) is 0.481. The minimum absolute atomic E-state index is 0.128. The van der Waals surface area contributed by atoms with Gasteiger partial charge in [0.2, 0.25) is 5.28 Å². The molecule has 0 aliphatic carbocycles.